The van der Waals surface area contributed by atoms with Crippen LogP contribution in [0.25, 0.3) is 10.9 Å². The van der Waals surface area contributed by atoms with E-state index in [4.69, 9.17) is 5.73 Å². The number of H-pyrrole nitrogens is 1. The molecule has 1 heterocycles. The van der Waals surface area contributed by atoms with Gasteiger partial charge in [0.15, 0.2) is 0 Å². The Morgan fingerprint density at radius 3 is 2.65 bits per heavy atom. The Morgan fingerprint density at radius 1 is 1.15 bits per heavy atom. The molecule has 1 radical (unpaired) electrons. The van der Waals surface area contributed by atoms with Crippen molar-refractivity contribution in [3.8, 4) is 0 Å². The Morgan fingerprint density at radius 2 is 1.90 bits per heavy atom. The molecule has 0 saturated heterocycles. The molecule has 5 heteroatoms. The van der Waals surface area contributed by atoms with Crippen LogP contribution in [0.1, 0.15) is 5.56 Å². The number of aromatic nitrogens is 1. The second-order valence-electron chi connectivity index (χ2n) is 4.52. The molecule has 0 bridgehead atoms. The number of halogens is 2. The van der Waals surface area contributed by atoms with Crippen molar-refractivity contribution in [2.24, 2.45) is 0 Å². The van der Waals surface area contributed by atoms with Gasteiger partial charge in [0, 0.05) is 44.3 Å². The summed E-state index contributed by atoms with van der Waals surface area (Å²) in [6.07, 6.45) is 1.82. The van der Waals surface area contributed by atoms with Crippen LogP contribution in [0.3, 0.4) is 0 Å². The average Bonchev–Trinajstić information content (AvgIpc) is 2.89. The van der Waals surface area contributed by atoms with E-state index in [-0.39, 0.29) is 0 Å². The predicted octanol–water partition coefficient (Wildman–Crippen LogP) is 4.69. The maximum Gasteiger partial charge on any atom is 0.0603 e. The molecule has 3 rings (SSSR count). The lowest BCUT2D eigenvalue weighted by atomic mass is 10.2. The molecule has 0 amide bonds. The van der Waals surface area contributed by atoms with Crippen molar-refractivity contribution in [1.82, 2.24) is 4.98 Å². The zero-order valence-corrected chi connectivity index (χ0v) is 13.7. The summed E-state index contributed by atoms with van der Waals surface area (Å²) in [6.45, 7) is 0.730. The Balaban J connectivity index is 1.78. The molecule has 0 fully saturated rings. The minimum absolute atomic E-state index is 0.720. The van der Waals surface area contributed by atoms with Crippen LogP contribution in [0.15, 0.2) is 45.5 Å². The number of nitrogens with two attached hydrogens (primary N) is 1. The predicted molar refractivity (Wildman–Crippen MR) is 90.7 cm³/mol. The number of rotatable bonds is 3. The summed E-state index contributed by atoms with van der Waals surface area (Å²) in [4.78, 5) is 3.16. The molecule has 101 valence electrons. The summed E-state index contributed by atoms with van der Waals surface area (Å²) in [5.41, 5.74) is 9.90. The summed E-state index contributed by atoms with van der Waals surface area (Å²) in [5.74, 6) is 0. The fraction of sp³-hybridized carbons (Fsp3) is 0.0667. The van der Waals surface area contributed by atoms with Gasteiger partial charge in [-0.1, -0.05) is 6.07 Å². The van der Waals surface area contributed by atoms with E-state index in [1.54, 1.807) is 0 Å². The third kappa shape index (κ3) is 2.69. The Labute approximate surface area is 133 Å². The number of aromatic amines is 1. The third-order valence-electron chi connectivity index (χ3n) is 3.11. The highest BCUT2D eigenvalue weighted by Gasteiger charge is 2.04. The minimum atomic E-state index is 0.720. The topological polar surface area (TPSA) is 53.8 Å². The molecule has 3 nitrogen and oxygen atoms in total. The van der Waals surface area contributed by atoms with E-state index in [1.165, 1.54) is 0 Å². The van der Waals surface area contributed by atoms with Gasteiger partial charge in [0.2, 0.25) is 0 Å². The van der Waals surface area contributed by atoms with Crippen molar-refractivity contribution in [2.45, 2.75) is 6.54 Å². The van der Waals surface area contributed by atoms with Gasteiger partial charge in [0.1, 0.15) is 0 Å². The lowest BCUT2D eigenvalue weighted by Gasteiger charge is -2.09. The first kappa shape index (κ1) is 13.5. The molecule has 4 N–H and O–H groups in total. The molecule has 0 saturated carbocycles. The number of nitrogens with one attached hydrogen (secondary N) is 2. The van der Waals surface area contributed by atoms with E-state index in [9.17, 15) is 0 Å². The van der Waals surface area contributed by atoms with Crippen molar-refractivity contribution >= 4 is 54.1 Å². The van der Waals surface area contributed by atoms with E-state index in [0.717, 1.165) is 43.3 Å². The lowest BCUT2D eigenvalue weighted by molar-refractivity contribution is 1.14. The van der Waals surface area contributed by atoms with Crippen LogP contribution < -0.4 is 11.1 Å². The van der Waals surface area contributed by atoms with Crippen LogP contribution in [0, 0.1) is 6.07 Å². The van der Waals surface area contributed by atoms with E-state index in [1.807, 2.05) is 30.5 Å². The third-order valence-corrected chi connectivity index (χ3v) is 4.42. The largest absolute Gasteiger partial charge is 0.397 e. The van der Waals surface area contributed by atoms with Crippen molar-refractivity contribution in [2.75, 3.05) is 11.1 Å². The molecule has 2 aromatic carbocycles. The number of anilines is 2. The molecule has 0 aliphatic heterocycles. The second kappa shape index (κ2) is 5.50. The Bertz CT molecular complexity index is 742. The highest BCUT2D eigenvalue weighted by Crippen LogP contribution is 2.30. The first-order valence-corrected chi connectivity index (χ1v) is 7.68. The van der Waals surface area contributed by atoms with Crippen LogP contribution >= 0.6 is 31.9 Å². The maximum absolute atomic E-state index is 5.89. The van der Waals surface area contributed by atoms with Gasteiger partial charge in [-0.2, -0.15) is 0 Å². The molecule has 0 aliphatic carbocycles. The molecule has 0 atom stereocenters. The SMILES string of the molecule is Nc1c(Br)cc(CNc2ccc3[c]c[nH]c3c2)cc1Br. The van der Waals surface area contributed by atoms with Gasteiger partial charge in [0.25, 0.3) is 0 Å². The maximum atomic E-state index is 5.89. The standard InChI is InChI=1S/C15H12Br2N3/c16-12-5-9(6-13(17)15(12)18)8-20-11-2-1-10-3-4-19-14(10)7-11/h1-2,4-7,19-20H,8,18H2. The summed E-state index contributed by atoms with van der Waals surface area (Å²) in [7, 11) is 0. The quantitative estimate of drug-likeness (QED) is 0.565. The van der Waals surface area contributed by atoms with E-state index >= 15 is 0 Å². The van der Waals surface area contributed by atoms with Crippen LogP contribution in [0.2, 0.25) is 0 Å². The molecule has 0 spiro atoms. The van der Waals surface area contributed by atoms with Gasteiger partial charge < -0.3 is 16.0 Å². The van der Waals surface area contributed by atoms with Crippen molar-refractivity contribution < 1.29 is 0 Å². The first-order valence-electron chi connectivity index (χ1n) is 6.09. The van der Waals surface area contributed by atoms with Gasteiger partial charge in [-0.3, -0.25) is 0 Å². The lowest BCUT2D eigenvalue weighted by Crippen LogP contribution is -2.00. The number of nitrogen functional groups attached to an aromatic ring is 1. The first-order chi connectivity index (χ1) is 9.63. The second-order valence-corrected chi connectivity index (χ2v) is 6.23. The van der Waals surface area contributed by atoms with Gasteiger partial charge in [-0.15, -0.1) is 0 Å². The summed E-state index contributed by atoms with van der Waals surface area (Å²) < 4.78 is 1.80. The smallest absolute Gasteiger partial charge is 0.0603 e. The van der Waals surface area contributed by atoms with Gasteiger partial charge in [-0.05, 0) is 61.7 Å². The summed E-state index contributed by atoms with van der Waals surface area (Å²) in [6, 6.07) is 13.3. The fourth-order valence-electron chi connectivity index (χ4n) is 2.03. The molecule has 0 aliphatic rings. The van der Waals surface area contributed by atoms with E-state index in [2.05, 4.69) is 54.3 Å². The normalized spacial score (nSPS) is 10.9. The zero-order valence-electron chi connectivity index (χ0n) is 10.5. The zero-order chi connectivity index (χ0) is 14.1. The number of hydrogen-bond donors (Lipinski definition) is 3. The van der Waals surface area contributed by atoms with Crippen LogP contribution in [0.5, 0.6) is 0 Å². The summed E-state index contributed by atoms with van der Waals surface area (Å²) >= 11 is 6.92. The highest BCUT2D eigenvalue weighted by molar-refractivity contribution is 9.11. The minimum Gasteiger partial charge on any atom is -0.397 e. The number of benzene rings is 2. The van der Waals surface area contributed by atoms with Crippen LogP contribution in [0.4, 0.5) is 11.4 Å². The van der Waals surface area contributed by atoms with Gasteiger partial charge in [-0.25, -0.2) is 0 Å². The molecular formula is C15H12Br2N3. The monoisotopic (exact) mass is 392 g/mol. The number of fused-ring (bicyclic) bond motifs is 1. The average molecular weight is 394 g/mol. The van der Waals surface area contributed by atoms with Crippen molar-refractivity contribution in [3.63, 3.8) is 0 Å². The summed E-state index contributed by atoms with van der Waals surface area (Å²) in [5, 5.41) is 4.49. The number of hydrogen-bond acceptors (Lipinski definition) is 2. The van der Waals surface area contributed by atoms with Crippen molar-refractivity contribution in [1.29, 1.82) is 0 Å². The molecular weight excluding hydrogens is 382 g/mol. The Hall–Kier alpha value is -1.46. The Kier molecular flexibility index (Phi) is 3.72. The van der Waals surface area contributed by atoms with Gasteiger partial charge >= 0.3 is 0 Å². The van der Waals surface area contributed by atoms with Crippen LogP contribution in [-0.4, -0.2) is 4.98 Å². The molecule has 1 aromatic heterocycles. The van der Waals surface area contributed by atoms with Crippen molar-refractivity contribution in [3.05, 3.63) is 57.1 Å². The molecule has 0 unspecified atom stereocenters. The van der Waals surface area contributed by atoms with E-state index < -0.39 is 0 Å². The highest BCUT2D eigenvalue weighted by atomic mass is 79.9. The molecule has 20 heavy (non-hydrogen) atoms. The van der Waals surface area contributed by atoms with Crippen LogP contribution in [-0.2, 0) is 6.54 Å². The van der Waals surface area contributed by atoms with Gasteiger partial charge in [0.05, 0.1) is 5.69 Å². The molecule has 3 aromatic rings. The fourth-order valence-corrected chi connectivity index (χ4v) is 3.32. The van der Waals surface area contributed by atoms with E-state index in [0.29, 0.717) is 0 Å².